The average Bonchev–Trinajstić information content (AvgIpc) is 1.71. The molecular formula is C3H8Cl2NiO2. The number of hydrogen-bond donors (Lipinski definition) is 1. The summed E-state index contributed by atoms with van der Waals surface area (Å²) in [5, 5.41) is 7.94. The number of hydrogen-bond acceptors (Lipinski definition) is 2. The fourth-order valence-corrected chi connectivity index (χ4v) is 0.0913. The molecule has 0 atom stereocenters. The van der Waals surface area contributed by atoms with E-state index < -0.39 is 0 Å². The summed E-state index contributed by atoms with van der Waals surface area (Å²) in [6.07, 6.45) is 0. The van der Waals surface area contributed by atoms with Crippen LogP contribution in [0.1, 0.15) is 0 Å². The Kier molecular flexibility index (Phi) is 23.0. The van der Waals surface area contributed by atoms with Gasteiger partial charge < -0.3 is 9.84 Å². The van der Waals surface area contributed by atoms with Crippen LogP contribution in [0.2, 0.25) is 0 Å². The second-order valence-corrected chi connectivity index (χ2v) is 2.39. The molecule has 0 bridgehead atoms. The van der Waals surface area contributed by atoms with Crippen molar-refractivity contribution in [1.82, 2.24) is 0 Å². The number of methoxy groups -OCH3 is 1. The van der Waals surface area contributed by atoms with Gasteiger partial charge in [0.1, 0.15) is 0 Å². The van der Waals surface area contributed by atoms with Crippen molar-refractivity contribution in [2.24, 2.45) is 0 Å². The summed E-state index contributed by atoms with van der Waals surface area (Å²) in [7, 11) is 11.0. The van der Waals surface area contributed by atoms with Crippen LogP contribution in [-0.2, 0) is 17.4 Å². The van der Waals surface area contributed by atoms with Gasteiger partial charge in [-0.05, 0) is 0 Å². The molecule has 0 amide bonds. The summed E-state index contributed by atoms with van der Waals surface area (Å²) < 4.78 is 4.44. The van der Waals surface area contributed by atoms with E-state index in [0.29, 0.717) is 19.3 Å². The van der Waals surface area contributed by atoms with Gasteiger partial charge in [-0.15, -0.1) is 0 Å². The van der Waals surface area contributed by atoms with E-state index in [4.69, 9.17) is 25.5 Å². The summed E-state index contributed by atoms with van der Waals surface area (Å²) in [5.74, 6) is 0. The molecule has 0 aliphatic rings. The van der Waals surface area contributed by atoms with E-state index in [1.165, 1.54) is 0 Å². The van der Waals surface area contributed by atoms with E-state index in [1.54, 1.807) is 7.11 Å². The van der Waals surface area contributed by atoms with Gasteiger partial charge >= 0.3 is 33.0 Å². The Morgan fingerprint density at radius 1 is 1.62 bits per heavy atom. The molecule has 0 radical (unpaired) electrons. The third-order valence-corrected chi connectivity index (χ3v) is 0.295. The van der Waals surface area contributed by atoms with E-state index in [2.05, 4.69) is 4.74 Å². The fourth-order valence-electron chi connectivity index (χ4n) is 0.0913. The van der Waals surface area contributed by atoms with E-state index in [9.17, 15) is 0 Å². The Morgan fingerprint density at radius 2 is 2.00 bits per heavy atom. The van der Waals surface area contributed by atoms with Gasteiger partial charge in [-0.1, -0.05) is 0 Å². The van der Waals surface area contributed by atoms with Gasteiger partial charge in [0.25, 0.3) is 0 Å². The molecule has 2 nitrogen and oxygen atoms in total. The first-order chi connectivity index (χ1) is 3.83. The first kappa shape index (κ1) is 11.7. The molecule has 56 valence electrons. The van der Waals surface area contributed by atoms with Crippen molar-refractivity contribution in [1.29, 1.82) is 0 Å². The molecule has 0 aliphatic heterocycles. The van der Waals surface area contributed by atoms with Gasteiger partial charge in [-0.2, -0.15) is 0 Å². The Morgan fingerprint density at radius 3 is 2.00 bits per heavy atom. The molecular weight excluding hydrogens is 198 g/mol. The number of aliphatic hydroxyl groups excluding tert-OH is 1. The van der Waals surface area contributed by atoms with Crippen molar-refractivity contribution in [3.05, 3.63) is 0 Å². The molecule has 0 saturated carbocycles. The van der Waals surface area contributed by atoms with Crippen molar-refractivity contribution in [3.8, 4) is 0 Å². The van der Waals surface area contributed by atoms with E-state index in [1.807, 2.05) is 0 Å². The maximum atomic E-state index is 7.94. The van der Waals surface area contributed by atoms with Crippen LogP contribution in [0.25, 0.3) is 0 Å². The minimum atomic E-state index is 0.122. The zero-order valence-electron chi connectivity index (χ0n) is 4.34. The topological polar surface area (TPSA) is 29.5 Å². The Balaban J connectivity index is 0. The number of halogens is 2. The summed E-state index contributed by atoms with van der Waals surface area (Å²) in [5.41, 5.74) is 0. The number of ether oxygens (including phenoxy) is 1. The van der Waals surface area contributed by atoms with Gasteiger partial charge in [0.15, 0.2) is 0 Å². The van der Waals surface area contributed by atoms with Crippen LogP contribution in [0.5, 0.6) is 0 Å². The average molecular weight is 206 g/mol. The molecule has 0 rings (SSSR count). The molecule has 0 heterocycles. The van der Waals surface area contributed by atoms with Gasteiger partial charge in [-0.25, -0.2) is 0 Å². The van der Waals surface area contributed by atoms with Crippen molar-refractivity contribution in [2.45, 2.75) is 0 Å². The molecule has 8 heavy (non-hydrogen) atoms. The molecule has 0 unspecified atom stereocenters. The van der Waals surface area contributed by atoms with Crippen molar-refractivity contribution in [2.75, 3.05) is 20.3 Å². The standard InChI is InChI=1S/C3H8O2.2ClH.Ni/c1-5-3-2-4;;;/h4H,2-3H2,1H3;2*1H;/q;;;+2/p-2. The van der Waals surface area contributed by atoms with Crippen LogP contribution < -0.4 is 0 Å². The second-order valence-electron chi connectivity index (χ2n) is 0.762. The predicted octanol–water partition coefficient (Wildman–Crippen LogP) is 1.00. The third kappa shape index (κ3) is 28.0. The molecule has 0 aromatic carbocycles. The number of aliphatic hydroxyl groups is 1. The normalized spacial score (nSPS) is 8.00. The number of rotatable bonds is 2. The van der Waals surface area contributed by atoms with Gasteiger partial charge in [0.2, 0.25) is 0 Å². The Hall–Kier alpha value is 0.994. The van der Waals surface area contributed by atoms with Crippen LogP contribution in [0.4, 0.5) is 0 Å². The van der Waals surface area contributed by atoms with E-state index >= 15 is 0 Å². The molecule has 1 N–H and O–H groups in total. The molecule has 0 fully saturated rings. The zero-order valence-corrected chi connectivity index (χ0v) is 6.84. The van der Waals surface area contributed by atoms with Crippen LogP contribution in [-0.4, -0.2) is 25.4 Å². The fraction of sp³-hybridized carbons (Fsp3) is 1.00. The second kappa shape index (κ2) is 15.7. The van der Waals surface area contributed by atoms with Crippen LogP contribution >= 0.6 is 20.4 Å². The van der Waals surface area contributed by atoms with Crippen LogP contribution in [0, 0.1) is 0 Å². The third-order valence-electron chi connectivity index (χ3n) is 0.295. The van der Waals surface area contributed by atoms with Gasteiger partial charge in [-0.3, -0.25) is 0 Å². The van der Waals surface area contributed by atoms with Crippen molar-refractivity contribution < 1.29 is 22.5 Å². The van der Waals surface area contributed by atoms with Gasteiger partial charge in [0.05, 0.1) is 13.2 Å². The van der Waals surface area contributed by atoms with E-state index in [-0.39, 0.29) is 6.61 Å². The molecule has 0 spiro atoms. The summed E-state index contributed by atoms with van der Waals surface area (Å²) >= 11 is 0.569. The van der Waals surface area contributed by atoms with E-state index in [0.717, 1.165) is 0 Å². The summed E-state index contributed by atoms with van der Waals surface area (Å²) in [6.45, 7) is 0.566. The Labute approximate surface area is 63.5 Å². The molecule has 0 aromatic heterocycles. The zero-order chi connectivity index (χ0) is 6.83. The van der Waals surface area contributed by atoms with Crippen LogP contribution in [0.3, 0.4) is 0 Å². The SMILES string of the molecule is COCCO.[Cl][Ni][Cl]. The minimum absolute atomic E-state index is 0.122. The molecule has 0 aromatic rings. The van der Waals surface area contributed by atoms with Gasteiger partial charge in [0, 0.05) is 7.11 Å². The Bertz CT molecular complexity index is 29.2. The van der Waals surface area contributed by atoms with Crippen LogP contribution in [0.15, 0.2) is 0 Å². The first-order valence-electron chi connectivity index (χ1n) is 1.75. The molecule has 0 aliphatic carbocycles. The van der Waals surface area contributed by atoms with Crippen molar-refractivity contribution in [3.63, 3.8) is 0 Å². The summed E-state index contributed by atoms with van der Waals surface area (Å²) in [4.78, 5) is 0. The monoisotopic (exact) mass is 204 g/mol. The predicted molar refractivity (Wildman–Crippen MR) is 30.7 cm³/mol. The quantitative estimate of drug-likeness (QED) is 0.682. The molecule has 5 heteroatoms. The van der Waals surface area contributed by atoms with Crippen molar-refractivity contribution >= 4 is 20.4 Å². The first-order valence-corrected chi connectivity index (χ1v) is 4.47. The summed E-state index contributed by atoms with van der Waals surface area (Å²) in [6, 6.07) is 0. The molecule has 0 saturated heterocycles. The maximum absolute atomic E-state index is 7.94.